The Morgan fingerprint density at radius 3 is 2.58 bits per heavy atom. The highest BCUT2D eigenvalue weighted by molar-refractivity contribution is 7.90. The predicted octanol–water partition coefficient (Wildman–Crippen LogP) is 1.16. The Labute approximate surface area is 192 Å². The number of methoxy groups -OCH3 is 1. The number of nitrogens with zero attached hydrogens (tertiary/aromatic N) is 4. The zero-order chi connectivity index (χ0) is 23.6. The largest absolute Gasteiger partial charge is 0.481 e. The van der Waals surface area contributed by atoms with Gasteiger partial charge >= 0.3 is 0 Å². The van der Waals surface area contributed by atoms with Crippen LogP contribution in [-0.4, -0.2) is 44.1 Å². The van der Waals surface area contributed by atoms with Crippen LogP contribution in [0.1, 0.15) is 16.8 Å². The molecule has 3 N–H and O–H groups in total. The fraction of sp³-hybridized carbons (Fsp3) is 0.222. The summed E-state index contributed by atoms with van der Waals surface area (Å²) in [4.78, 5) is 8.51. The SMILES string of the molecule is COc1cc(-c2ccc3nc(CS(=O)(=O)Cc4nnc(CNS(N)(=O)=O)o4)sc3c2)ccn1. The van der Waals surface area contributed by atoms with E-state index in [1.165, 1.54) is 11.3 Å². The normalized spacial score (nSPS) is 12.3. The van der Waals surface area contributed by atoms with Gasteiger partial charge in [0.1, 0.15) is 16.5 Å². The summed E-state index contributed by atoms with van der Waals surface area (Å²) < 4.78 is 60.2. The fourth-order valence-corrected chi connectivity index (χ4v) is 5.86. The van der Waals surface area contributed by atoms with Gasteiger partial charge in [-0.2, -0.15) is 13.1 Å². The van der Waals surface area contributed by atoms with Gasteiger partial charge in [0, 0.05) is 12.3 Å². The van der Waals surface area contributed by atoms with Crippen molar-refractivity contribution in [1.29, 1.82) is 0 Å². The number of pyridine rings is 1. The maximum atomic E-state index is 12.6. The van der Waals surface area contributed by atoms with E-state index in [1.54, 1.807) is 13.3 Å². The number of nitrogens with two attached hydrogens (primary N) is 1. The van der Waals surface area contributed by atoms with Gasteiger partial charge in [-0.15, -0.1) is 21.5 Å². The topological polar surface area (TPSA) is 180 Å². The van der Waals surface area contributed by atoms with Crippen LogP contribution < -0.4 is 14.6 Å². The first-order chi connectivity index (χ1) is 15.6. The van der Waals surface area contributed by atoms with Gasteiger partial charge in [-0.3, -0.25) is 0 Å². The van der Waals surface area contributed by atoms with Gasteiger partial charge in [-0.05, 0) is 29.3 Å². The minimum absolute atomic E-state index is 0.102. The van der Waals surface area contributed by atoms with E-state index >= 15 is 0 Å². The molecule has 0 saturated heterocycles. The zero-order valence-corrected chi connectivity index (χ0v) is 19.6. The molecular weight excluding hydrogens is 492 g/mol. The number of thiazole rings is 1. The third-order valence-corrected chi connectivity index (χ3v) is 7.48. The monoisotopic (exact) mass is 510 g/mol. The molecule has 4 aromatic rings. The van der Waals surface area contributed by atoms with E-state index in [4.69, 9.17) is 14.3 Å². The number of rotatable bonds is 9. The zero-order valence-electron chi connectivity index (χ0n) is 17.1. The van der Waals surface area contributed by atoms with Crippen LogP contribution in [0.2, 0.25) is 0 Å². The number of nitrogens with one attached hydrogen (secondary N) is 1. The molecule has 0 fully saturated rings. The molecule has 0 unspecified atom stereocenters. The van der Waals surface area contributed by atoms with Gasteiger partial charge in [0.15, 0.2) is 9.84 Å². The number of hydrogen-bond acceptors (Lipinski definition) is 11. The highest BCUT2D eigenvalue weighted by atomic mass is 32.2. The lowest BCUT2D eigenvalue weighted by Crippen LogP contribution is -2.30. The Kier molecular flexibility index (Phi) is 6.40. The number of fused-ring (bicyclic) bond motifs is 1. The molecule has 3 heterocycles. The number of aromatic nitrogens is 4. The molecular formula is C18H18N6O6S3. The molecule has 0 aliphatic heterocycles. The molecule has 15 heteroatoms. The molecule has 0 atom stereocenters. The van der Waals surface area contributed by atoms with Crippen molar-refractivity contribution in [3.8, 4) is 17.0 Å². The van der Waals surface area contributed by atoms with Gasteiger partial charge in [0.25, 0.3) is 10.2 Å². The third kappa shape index (κ3) is 6.08. The van der Waals surface area contributed by atoms with Gasteiger partial charge in [-0.1, -0.05) is 6.07 Å². The molecule has 0 saturated carbocycles. The summed E-state index contributed by atoms with van der Waals surface area (Å²) in [5.74, 6) is -0.579. The highest BCUT2D eigenvalue weighted by Crippen LogP contribution is 2.30. The molecule has 4 rings (SSSR count). The average molecular weight is 511 g/mol. The number of hydrogen-bond donors (Lipinski definition) is 2. The van der Waals surface area contributed by atoms with Crippen LogP contribution in [-0.2, 0) is 38.1 Å². The maximum absolute atomic E-state index is 12.6. The van der Waals surface area contributed by atoms with Crippen molar-refractivity contribution in [1.82, 2.24) is 24.9 Å². The van der Waals surface area contributed by atoms with Crippen LogP contribution >= 0.6 is 11.3 Å². The third-order valence-electron chi connectivity index (χ3n) is 4.33. The summed E-state index contributed by atoms with van der Waals surface area (Å²) >= 11 is 1.28. The first-order valence-electron chi connectivity index (χ1n) is 9.29. The van der Waals surface area contributed by atoms with E-state index in [2.05, 4.69) is 20.2 Å². The molecule has 0 radical (unpaired) electrons. The first kappa shape index (κ1) is 23.2. The molecule has 0 aliphatic rings. The highest BCUT2D eigenvalue weighted by Gasteiger charge is 2.20. The van der Waals surface area contributed by atoms with Crippen LogP contribution in [0, 0.1) is 0 Å². The van der Waals surface area contributed by atoms with Gasteiger partial charge in [-0.25, -0.2) is 23.5 Å². The smallest absolute Gasteiger partial charge is 0.274 e. The standard InChI is InChI=1S/C18H18N6O6S3/c1-29-15-7-12(4-5-20-15)11-2-3-13-14(6-11)31-18(22-13)10-32(25,26)9-17-24-23-16(30-17)8-21-33(19,27)28/h2-7,21H,8-10H2,1H3,(H2,19,27,28). The van der Waals surface area contributed by atoms with E-state index in [-0.39, 0.29) is 24.1 Å². The second-order valence-electron chi connectivity index (χ2n) is 6.86. The van der Waals surface area contributed by atoms with Crippen LogP contribution in [0.4, 0.5) is 0 Å². The number of benzene rings is 1. The van der Waals surface area contributed by atoms with Crippen molar-refractivity contribution in [2.45, 2.75) is 18.1 Å². The van der Waals surface area contributed by atoms with Gasteiger partial charge in [0.2, 0.25) is 17.7 Å². The quantitative estimate of drug-likeness (QED) is 0.331. The Morgan fingerprint density at radius 1 is 1.06 bits per heavy atom. The minimum atomic E-state index is -3.94. The van der Waals surface area contributed by atoms with Crippen molar-refractivity contribution in [3.63, 3.8) is 0 Å². The Hall–Kier alpha value is -2.98. The lowest BCUT2D eigenvalue weighted by atomic mass is 10.1. The lowest BCUT2D eigenvalue weighted by molar-refractivity contribution is 0.398. The second kappa shape index (κ2) is 9.11. The molecule has 1 aromatic carbocycles. The van der Waals surface area contributed by atoms with Crippen LogP contribution in [0.3, 0.4) is 0 Å². The van der Waals surface area contributed by atoms with E-state index in [0.29, 0.717) is 16.4 Å². The van der Waals surface area contributed by atoms with Crippen molar-refractivity contribution in [2.24, 2.45) is 5.14 Å². The van der Waals surface area contributed by atoms with Crippen molar-refractivity contribution in [3.05, 3.63) is 53.3 Å². The molecule has 12 nitrogen and oxygen atoms in total. The van der Waals surface area contributed by atoms with E-state index in [1.807, 2.05) is 35.1 Å². The molecule has 33 heavy (non-hydrogen) atoms. The summed E-state index contributed by atoms with van der Waals surface area (Å²) in [6.45, 7) is -0.338. The fourth-order valence-electron chi connectivity index (χ4n) is 2.92. The summed E-state index contributed by atoms with van der Waals surface area (Å²) in [5, 5.41) is 12.5. The van der Waals surface area contributed by atoms with Crippen molar-refractivity contribution < 1.29 is 26.0 Å². The summed E-state index contributed by atoms with van der Waals surface area (Å²) in [6.07, 6.45) is 1.65. The maximum Gasteiger partial charge on any atom is 0.274 e. The predicted molar refractivity (Wildman–Crippen MR) is 120 cm³/mol. The summed E-state index contributed by atoms with van der Waals surface area (Å²) in [7, 11) is -6.07. The Bertz CT molecular complexity index is 1510. The molecule has 174 valence electrons. The number of sulfone groups is 1. The molecule has 0 aliphatic carbocycles. The van der Waals surface area contributed by atoms with Crippen molar-refractivity contribution in [2.75, 3.05) is 7.11 Å². The molecule has 0 spiro atoms. The Morgan fingerprint density at radius 2 is 1.82 bits per heavy atom. The Balaban J connectivity index is 1.48. The molecule has 0 bridgehead atoms. The average Bonchev–Trinajstić information content (AvgIpc) is 3.36. The summed E-state index contributed by atoms with van der Waals surface area (Å²) in [6, 6.07) is 9.32. The molecule has 0 amide bonds. The van der Waals surface area contributed by atoms with Crippen molar-refractivity contribution >= 4 is 41.6 Å². The van der Waals surface area contributed by atoms with Crippen LogP contribution in [0.5, 0.6) is 5.88 Å². The van der Waals surface area contributed by atoms with E-state index in [9.17, 15) is 16.8 Å². The van der Waals surface area contributed by atoms with E-state index in [0.717, 1.165) is 15.8 Å². The first-order valence-corrected chi connectivity index (χ1v) is 13.5. The van der Waals surface area contributed by atoms with Crippen LogP contribution in [0.15, 0.2) is 40.9 Å². The van der Waals surface area contributed by atoms with Crippen LogP contribution in [0.25, 0.3) is 21.3 Å². The van der Waals surface area contributed by atoms with Gasteiger partial charge < -0.3 is 9.15 Å². The summed E-state index contributed by atoms with van der Waals surface area (Å²) in [5.41, 5.74) is 2.52. The second-order valence-corrected chi connectivity index (χ2v) is 11.4. The van der Waals surface area contributed by atoms with E-state index < -0.39 is 25.8 Å². The lowest BCUT2D eigenvalue weighted by Gasteiger charge is -2.03. The number of ether oxygens (including phenoxy) is 1. The molecule has 3 aromatic heterocycles. The minimum Gasteiger partial charge on any atom is -0.481 e. The van der Waals surface area contributed by atoms with Gasteiger partial charge in [0.05, 0.1) is 23.9 Å².